The first kappa shape index (κ1) is 16.8. The molecule has 0 aliphatic rings. The summed E-state index contributed by atoms with van der Waals surface area (Å²) in [7, 11) is 0. The first-order valence-electron chi connectivity index (χ1n) is 6.84. The van der Waals surface area contributed by atoms with Gasteiger partial charge in [0.2, 0.25) is 5.91 Å². The minimum absolute atomic E-state index is 0.0914. The van der Waals surface area contributed by atoms with Crippen molar-refractivity contribution in [3.05, 3.63) is 63.9 Å². The smallest absolute Gasteiger partial charge is 0.234 e. The number of hydrogen-bond acceptors (Lipinski definition) is 2. The summed E-state index contributed by atoms with van der Waals surface area (Å²) in [4.78, 5) is 11.9. The minimum atomic E-state index is -0.338. The van der Waals surface area contributed by atoms with Crippen LogP contribution in [-0.2, 0) is 10.5 Å². The molecule has 0 fully saturated rings. The normalized spacial score (nSPS) is 10.5. The number of benzene rings is 2. The van der Waals surface area contributed by atoms with Crippen LogP contribution in [0.3, 0.4) is 0 Å². The van der Waals surface area contributed by atoms with E-state index in [0.717, 1.165) is 16.8 Å². The largest absolute Gasteiger partial charge is 0.325 e. The van der Waals surface area contributed by atoms with Crippen molar-refractivity contribution in [2.75, 3.05) is 11.1 Å². The number of aryl methyl sites for hydroxylation is 2. The van der Waals surface area contributed by atoms with E-state index in [9.17, 15) is 9.18 Å². The molecule has 0 saturated carbocycles. The highest BCUT2D eigenvalue weighted by Crippen LogP contribution is 2.20. The van der Waals surface area contributed by atoms with Gasteiger partial charge < -0.3 is 5.32 Å². The van der Waals surface area contributed by atoms with Crippen molar-refractivity contribution in [3.63, 3.8) is 0 Å². The first-order chi connectivity index (χ1) is 10.5. The molecular weight excluding hydrogens is 321 g/mol. The van der Waals surface area contributed by atoms with Crippen LogP contribution in [-0.4, -0.2) is 11.7 Å². The highest BCUT2D eigenvalue weighted by molar-refractivity contribution is 7.99. The molecule has 5 heteroatoms. The molecule has 0 aliphatic carbocycles. The molecule has 22 heavy (non-hydrogen) atoms. The van der Waals surface area contributed by atoms with Crippen LogP contribution in [0.25, 0.3) is 0 Å². The number of amides is 1. The summed E-state index contributed by atoms with van der Waals surface area (Å²) in [6.07, 6.45) is 0. The van der Waals surface area contributed by atoms with Gasteiger partial charge in [-0.2, -0.15) is 0 Å². The van der Waals surface area contributed by atoms with Crippen LogP contribution in [0.2, 0.25) is 5.02 Å². The second-order valence-corrected chi connectivity index (χ2v) is 6.52. The van der Waals surface area contributed by atoms with Crippen molar-refractivity contribution in [3.8, 4) is 0 Å². The summed E-state index contributed by atoms with van der Waals surface area (Å²) in [6.45, 7) is 3.97. The number of carbonyl (C=O) groups is 1. The third-order valence-corrected chi connectivity index (χ3v) is 4.38. The van der Waals surface area contributed by atoms with Gasteiger partial charge in [0.15, 0.2) is 0 Å². The first-order valence-corrected chi connectivity index (χ1v) is 8.38. The fraction of sp³-hybridized carbons (Fsp3) is 0.235. The van der Waals surface area contributed by atoms with Crippen LogP contribution < -0.4 is 5.32 Å². The SMILES string of the molecule is Cc1ccc(NC(=O)CSCc2ccc(Cl)cc2F)c(C)c1. The van der Waals surface area contributed by atoms with E-state index in [-0.39, 0.29) is 17.5 Å². The van der Waals surface area contributed by atoms with Crippen molar-refractivity contribution in [1.29, 1.82) is 0 Å². The van der Waals surface area contributed by atoms with Crippen LogP contribution in [0.15, 0.2) is 36.4 Å². The Kier molecular flexibility index (Phi) is 5.86. The lowest BCUT2D eigenvalue weighted by atomic mass is 10.1. The topological polar surface area (TPSA) is 29.1 Å². The maximum Gasteiger partial charge on any atom is 0.234 e. The number of thioether (sulfide) groups is 1. The molecule has 1 N–H and O–H groups in total. The number of anilines is 1. The Bertz CT molecular complexity index is 690. The molecule has 0 saturated heterocycles. The van der Waals surface area contributed by atoms with E-state index in [1.165, 1.54) is 17.8 Å². The second kappa shape index (κ2) is 7.65. The third kappa shape index (κ3) is 4.75. The molecule has 2 nitrogen and oxygen atoms in total. The van der Waals surface area contributed by atoms with Crippen molar-refractivity contribution < 1.29 is 9.18 Å². The van der Waals surface area contributed by atoms with Gasteiger partial charge in [-0.05, 0) is 43.2 Å². The molecule has 2 rings (SSSR count). The number of hydrogen-bond donors (Lipinski definition) is 1. The minimum Gasteiger partial charge on any atom is -0.325 e. The van der Waals surface area contributed by atoms with Gasteiger partial charge >= 0.3 is 0 Å². The van der Waals surface area contributed by atoms with Gasteiger partial charge in [-0.25, -0.2) is 4.39 Å². The second-order valence-electron chi connectivity index (χ2n) is 5.10. The zero-order chi connectivity index (χ0) is 16.1. The molecule has 0 aliphatic heterocycles. The summed E-state index contributed by atoms with van der Waals surface area (Å²) in [5.41, 5.74) is 3.55. The summed E-state index contributed by atoms with van der Waals surface area (Å²) < 4.78 is 13.6. The lowest BCUT2D eigenvalue weighted by Gasteiger charge is -2.09. The van der Waals surface area contributed by atoms with Crippen LogP contribution in [0.1, 0.15) is 16.7 Å². The fourth-order valence-corrected chi connectivity index (χ4v) is 3.00. The summed E-state index contributed by atoms with van der Waals surface area (Å²) in [5, 5.41) is 3.25. The van der Waals surface area contributed by atoms with E-state index in [2.05, 4.69) is 5.32 Å². The average Bonchev–Trinajstić information content (AvgIpc) is 2.44. The molecular formula is C17H17ClFNOS. The molecule has 0 atom stereocenters. The van der Waals surface area contributed by atoms with E-state index in [4.69, 9.17) is 11.6 Å². The fourth-order valence-electron chi connectivity index (χ4n) is 2.03. The summed E-state index contributed by atoms with van der Waals surface area (Å²) in [6, 6.07) is 10.5. The Morgan fingerprint density at radius 1 is 1.23 bits per heavy atom. The highest BCUT2D eigenvalue weighted by Gasteiger charge is 2.07. The van der Waals surface area contributed by atoms with Crippen molar-refractivity contribution in [2.24, 2.45) is 0 Å². The van der Waals surface area contributed by atoms with Crippen LogP contribution in [0.5, 0.6) is 0 Å². The van der Waals surface area contributed by atoms with Gasteiger partial charge in [-0.1, -0.05) is 35.4 Å². The quantitative estimate of drug-likeness (QED) is 0.834. The lowest BCUT2D eigenvalue weighted by Crippen LogP contribution is -2.15. The van der Waals surface area contributed by atoms with Crippen LogP contribution in [0, 0.1) is 19.7 Å². The zero-order valence-corrected chi connectivity index (χ0v) is 14.0. The Morgan fingerprint density at radius 2 is 2.00 bits per heavy atom. The number of halogens is 2. The predicted octanol–water partition coefficient (Wildman–Crippen LogP) is 4.97. The van der Waals surface area contributed by atoms with E-state index < -0.39 is 0 Å². The molecule has 2 aromatic carbocycles. The van der Waals surface area contributed by atoms with E-state index in [1.807, 2.05) is 32.0 Å². The summed E-state index contributed by atoms with van der Waals surface area (Å²) >= 11 is 7.07. The van der Waals surface area contributed by atoms with Crippen molar-refractivity contribution in [2.45, 2.75) is 19.6 Å². The van der Waals surface area contributed by atoms with E-state index in [0.29, 0.717) is 16.3 Å². The van der Waals surface area contributed by atoms with E-state index in [1.54, 1.807) is 12.1 Å². The van der Waals surface area contributed by atoms with Crippen molar-refractivity contribution >= 4 is 35.0 Å². The molecule has 1 amide bonds. The van der Waals surface area contributed by atoms with Crippen LogP contribution >= 0.6 is 23.4 Å². The molecule has 0 aromatic heterocycles. The molecule has 0 bridgehead atoms. The van der Waals surface area contributed by atoms with Gasteiger partial charge in [-0.15, -0.1) is 11.8 Å². The Labute approximate surface area is 139 Å². The zero-order valence-electron chi connectivity index (χ0n) is 12.5. The molecule has 0 unspecified atom stereocenters. The van der Waals surface area contributed by atoms with Gasteiger partial charge in [0.1, 0.15) is 5.82 Å². The highest BCUT2D eigenvalue weighted by atomic mass is 35.5. The molecule has 0 radical (unpaired) electrons. The van der Waals surface area contributed by atoms with Gasteiger partial charge in [0, 0.05) is 16.5 Å². The maximum absolute atomic E-state index is 13.6. The Morgan fingerprint density at radius 3 is 2.68 bits per heavy atom. The number of rotatable bonds is 5. The lowest BCUT2D eigenvalue weighted by molar-refractivity contribution is -0.113. The van der Waals surface area contributed by atoms with Crippen LogP contribution in [0.4, 0.5) is 10.1 Å². The summed E-state index contributed by atoms with van der Waals surface area (Å²) in [5.74, 6) is 0.278. The third-order valence-electron chi connectivity index (χ3n) is 3.16. The Balaban J connectivity index is 1.85. The monoisotopic (exact) mass is 337 g/mol. The average molecular weight is 338 g/mol. The molecule has 2 aromatic rings. The molecule has 0 heterocycles. The van der Waals surface area contributed by atoms with Gasteiger partial charge in [0.25, 0.3) is 0 Å². The molecule has 116 valence electrons. The standard InChI is InChI=1S/C17H17ClFNOS/c1-11-3-6-16(12(2)7-11)20-17(21)10-22-9-13-4-5-14(18)8-15(13)19/h3-8H,9-10H2,1-2H3,(H,20,21). The number of carbonyl (C=O) groups excluding carboxylic acids is 1. The molecule has 0 spiro atoms. The van der Waals surface area contributed by atoms with Gasteiger partial charge in [-0.3, -0.25) is 4.79 Å². The predicted molar refractivity (Wildman–Crippen MR) is 92.1 cm³/mol. The van der Waals surface area contributed by atoms with E-state index >= 15 is 0 Å². The van der Waals surface area contributed by atoms with Gasteiger partial charge in [0.05, 0.1) is 5.75 Å². The Hall–Kier alpha value is -1.52. The maximum atomic E-state index is 13.6. The number of nitrogens with one attached hydrogen (secondary N) is 1. The van der Waals surface area contributed by atoms with Crippen molar-refractivity contribution in [1.82, 2.24) is 0 Å².